The third kappa shape index (κ3) is 2.21. The van der Waals surface area contributed by atoms with E-state index in [0.29, 0.717) is 17.9 Å². The van der Waals surface area contributed by atoms with Gasteiger partial charge in [0.15, 0.2) is 5.58 Å². The molecule has 20 heavy (non-hydrogen) atoms. The molecule has 6 nitrogen and oxygen atoms in total. The van der Waals surface area contributed by atoms with Gasteiger partial charge < -0.3 is 9.26 Å². The summed E-state index contributed by atoms with van der Waals surface area (Å²) in [4.78, 5) is 0. The molecule has 1 aliphatic rings. The number of rotatable bonds is 3. The largest absolute Gasteiger partial charge is 0.363 e. The summed E-state index contributed by atoms with van der Waals surface area (Å²) in [6.07, 6.45) is 0. The van der Waals surface area contributed by atoms with Gasteiger partial charge in [0.1, 0.15) is 18.2 Å². The Morgan fingerprint density at radius 1 is 1.35 bits per heavy atom. The fourth-order valence-electron chi connectivity index (χ4n) is 2.37. The second-order valence-corrected chi connectivity index (χ2v) is 7.41. The highest BCUT2D eigenvalue weighted by atomic mass is 32.2. The van der Waals surface area contributed by atoms with Crippen LogP contribution >= 0.6 is 0 Å². The number of fused-ring (bicyclic) bond motifs is 1. The summed E-state index contributed by atoms with van der Waals surface area (Å²) in [7, 11) is -3.50. The smallest absolute Gasteiger partial charge is 0.222 e. The van der Waals surface area contributed by atoms with E-state index >= 15 is 0 Å². The van der Waals surface area contributed by atoms with Crippen LogP contribution in [0.3, 0.4) is 0 Å². The van der Waals surface area contributed by atoms with Gasteiger partial charge in [-0.05, 0) is 26.0 Å². The van der Waals surface area contributed by atoms with E-state index in [0.717, 1.165) is 5.39 Å². The Balaban J connectivity index is 1.94. The lowest BCUT2D eigenvalue weighted by Crippen LogP contribution is -2.44. The summed E-state index contributed by atoms with van der Waals surface area (Å²) >= 11 is 0. The Morgan fingerprint density at radius 2 is 2.10 bits per heavy atom. The number of sulfonamides is 1. The predicted molar refractivity (Wildman–Crippen MR) is 73.4 cm³/mol. The minimum absolute atomic E-state index is 0.0884. The van der Waals surface area contributed by atoms with E-state index in [1.54, 1.807) is 6.07 Å². The summed E-state index contributed by atoms with van der Waals surface area (Å²) in [5.74, 6) is -0.184. The van der Waals surface area contributed by atoms with E-state index in [1.165, 1.54) is 4.31 Å². The molecule has 0 unspecified atom stereocenters. The molecule has 0 saturated carbocycles. The van der Waals surface area contributed by atoms with Gasteiger partial charge in [0.05, 0.1) is 12.1 Å². The molecule has 1 aromatic carbocycles. The van der Waals surface area contributed by atoms with Gasteiger partial charge in [-0.25, -0.2) is 8.42 Å². The molecule has 0 amide bonds. The van der Waals surface area contributed by atoms with Crippen LogP contribution in [-0.2, 0) is 20.5 Å². The minimum Gasteiger partial charge on any atom is -0.363 e. The van der Waals surface area contributed by atoms with E-state index < -0.39 is 15.6 Å². The van der Waals surface area contributed by atoms with Crippen LogP contribution in [-0.4, -0.2) is 36.8 Å². The van der Waals surface area contributed by atoms with Crippen LogP contribution in [0.25, 0.3) is 11.0 Å². The highest BCUT2D eigenvalue weighted by Gasteiger charge is 2.41. The summed E-state index contributed by atoms with van der Waals surface area (Å²) in [5, 5.41) is 4.61. The molecule has 0 radical (unpaired) electrons. The normalized spacial score (nSPS) is 19.7. The van der Waals surface area contributed by atoms with Crippen molar-refractivity contribution in [2.24, 2.45) is 0 Å². The van der Waals surface area contributed by atoms with Crippen LogP contribution in [0.15, 0.2) is 28.8 Å². The molecule has 108 valence electrons. The summed E-state index contributed by atoms with van der Waals surface area (Å²) in [6, 6.07) is 7.23. The molecule has 0 spiro atoms. The van der Waals surface area contributed by atoms with Crippen LogP contribution in [0, 0.1) is 0 Å². The van der Waals surface area contributed by atoms with Crippen molar-refractivity contribution in [1.82, 2.24) is 9.46 Å². The minimum atomic E-state index is -3.50. The molecular formula is C13H16N2O4S. The zero-order chi connectivity index (χ0) is 14.4. The highest BCUT2D eigenvalue weighted by molar-refractivity contribution is 7.88. The average molecular weight is 296 g/mol. The first-order valence-electron chi connectivity index (χ1n) is 6.32. The van der Waals surface area contributed by atoms with Gasteiger partial charge in [0.25, 0.3) is 0 Å². The molecule has 0 atom stereocenters. The molecule has 3 rings (SSSR count). The fourth-order valence-corrected chi connectivity index (χ4v) is 4.13. The molecule has 0 N–H and O–H groups in total. The van der Waals surface area contributed by atoms with Gasteiger partial charge in [-0.1, -0.05) is 17.3 Å². The number of ether oxygens (including phenoxy) is 1. The van der Waals surface area contributed by atoms with E-state index in [2.05, 4.69) is 5.16 Å². The lowest BCUT2D eigenvalue weighted by molar-refractivity contribution is 0.171. The van der Waals surface area contributed by atoms with Crippen molar-refractivity contribution in [3.8, 4) is 0 Å². The van der Waals surface area contributed by atoms with Crippen molar-refractivity contribution in [1.29, 1.82) is 0 Å². The van der Waals surface area contributed by atoms with E-state index in [4.69, 9.17) is 9.26 Å². The molecule has 2 heterocycles. The molecule has 1 saturated heterocycles. The SMILES string of the molecule is CC1(C)COCN1S(=O)(=O)Cc1noc2ccccc12. The van der Waals surface area contributed by atoms with Gasteiger partial charge in [-0.15, -0.1) is 0 Å². The average Bonchev–Trinajstić information content (AvgIpc) is 2.93. The van der Waals surface area contributed by atoms with Gasteiger partial charge in [0.2, 0.25) is 10.0 Å². The van der Waals surface area contributed by atoms with Crippen LogP contribution in [0.1, 0.15) is 19.5 Å². The van der Waals surface area contributed by atoms with Crippen LogP contribution in [0.2, 0.25) is 0 Å². The van der Waals surface area contributed by atoms with Crippen molar-refractivity contribution >= 4 is 21.0 Å². The van der Waals surface area contributed by atoms with Gasteiger partial charge in [-0.3, -0.25) is 0 Å². The topological polar surface area (TPSA) is 72.6 Å². The van der Waals surface area contributed by atoms with Crippen molar-refractivity contribution in [3.63, 3.8) is 0 Å². The predicted octanol–water partition coefficient (Wildman–Crippen LogP) is 1.73. The maximum absolute atomic E-state index is 12.5. The second-order valence-electron chi connectivity index (χ2n) is 5.52. The monoisotopic (exact) mass is 296 g/mol. The molecular weight excluding hydrogens is 280 g/mol. The lowest BCUT2D eigenvalue weighted by Gasteiger charge is -2.27. The zero-order valence-corrected chi connectivity index (χ0v) is 12.2. The third-order valence-electron chi connectivity index (χ3n) is 3.45. The molecule has 1 aromatic heterocycles. The Labute approximate surface area is 117 Å². The van der Waals surface area contributed by atoms with Crippen LogP contribution in [0.5, 0.6) is 0 Å². The van der Waals surface area contributed by atoms with Crippen molar-refractivity contribution < 1.29 is 17.7 Å². The Kier molecular flexibility index (Phi) is 3.07. The van der Waals surface area contributed by atoms with E-state index in [9.17, 15) is 8.42 Å². The summed E-state index contributed by atoms with van der Waals surface area (Å²) in [5.41, 5.74) is 0.496. The van der Waals surface area contributed by atoms with Gasteiger partial charge >= 0.3 is 0 Å². The standard InChI is InChI=1S/C13H16N2O4S/c1-13(2)8-18-9-15(13)20(16,17)7-11-10-5-3-4-6-12(10)19-14-11/h3-6H,7-9H2,1-2H3. The maximum Gasteiger partial charge on any atom is 0.222 e. The first-order chi connectivity index (χ1) is 9.40. The molecule has 0 bridgehead atoms. The first kappa shape index (κ1) is 13.5. The van der Waals surface area contributed by atoms with Crippen molar-refractivity contribution in [2.45, 2.75) is 25.1 Å². The van der Waals surface area contributed by atoms with Crippen molar-refractivity contribution in [3.05, 3.63) is 30.0 Å². The number of para-hydroxylation sites is 1. The third-order valence-corrected chi connectivity index (χ3v) is 5.36. The van der Waals surface area contributed by atoms with Gasteiger partial charge in [-0.2, -0.15) is 4.31 Å². The summed E-state index contributed by atoms with van der Waals surface area (Å²) in [6.45, 7) is 4.17. The Hall–Kier alpha value is -1.44. The Bertz CT molecular complexity index is 736. The quantitative estimate of drug-likeness (QED) is 0.862. The Morgan fingerprint density at radius 3 is 2.80 bits per heavy atom. The second kappa shape index (κ2) is 4.54. The molecule has 1 aliphatic heterocycles. The fraction of sp³-hybridized carbons (Fsp3) is 0.462. The number of hydrogen-bond acceptors (Lipinski definition) is 5. The lowest BCUT2D eigenvalue weighted by atomic mass is 10.1. The number of aromatic nitrogens is 1. The number of benzene rings is 1. The van der Waals surface area contributed by atoms with E-state index in [1.807, 2.05) is 32.0 Å². The van der Waals surface area contributed by atoms with Crippen molar-refractivity contribution in [2.75, 3.05) is 13.3 Å². The molecule has 0 aliphatic carbocycles. The molecule has 7 heteroatoms. The molecule has 1 fully saturated rings. The zero-order valence-electron chi connectivity index (χ0n) is 11.4. The van der Waals surface area contributed by atoms with Gasteiger partial charge in [0, 0.05) is 5.39 Å². The first-order valence-corrected chi connectivity index (χ1v) is 7.93. The number of hydrogen-bond donors (Lipinski definition) is 0. The number of nitrogens with zero attached hydrogens (tertiary/aromatic N) is 2. The highest BCUT2D eigenvalue weighted by Crippen LogP contribution is 2.28. The van der Waals surface area contributed by atoms with E-state index in [-0.39, 0.29) is 12.5 Å². The summed E-state index contributed by atoms with van der Waals surface area (Å²) < 4.78 is 36.8. The molecule has 2 aromatic rings. The van der Waals surface area contributed by atoms with Crippen LogP contribution in [0.4, 0.5) is 0 Å². The maximum atomic E-state index is 12.5. The van der Waals surface area contributed by atoms with Crippen LogP contribution < -0.4 is 0 Å².